The van der Waals surface area contributed by atoms with E-state index >= 15 is 0 Å². The molecule has 0 aromatic carbocycles. The maximum atomic E-state index is 5.68. The Morgan fingerprint density at radius 3 is 2.20 bits per heavy atom. The van der Waals surface area contributed by atoms with Crippen LogP contribution in [-0.2, 0) is 9.47 Å². The molecule has 2 atom stereocenters. The standard InChI is InChI=1S/C13H28O2/c1-6-8-9-13(7-2)10-14-12(5)15-11(3)4/h11-13H,6-10H2,1-5H3. The monoisotopic (exact) mass is 216 g/mol. The van der Waals surface area contributed by atoms with Crippen molar-refractivity contribution in [1.29, 1.82) is 0 Å². The highest BCUT2D eigenvalue weighted by Gasteiger charge is 2.10. The van der Waals surface area contributed by atoms with Gasteiger partial charge in [-0.25, -0.2) is 0 Å². The second kappa shape index (κ2) is 9.17. The second-order valence-electron chi connectivity index (χ2n) is 4.50. The van der Waals surface area contributed by atoms with Crippen molar-refractivity contribution in [1.82, 2.24) is 0 Å². The molecule has 0 aromatic heterocycles. The van der Waals surface area contributed by atoms with Crippen LogP contribution in [0.3, 0.4) is 0 Å². The fourth-order valence-electron chi connectivity index (χ4n) is 1.59. The molecule has 0 radical (unpaired) electrons. The third-order valence-electron chi connectivity index (χ3n) is 2.57. The van der Waals surface area contributed by atoms with Crippen LogP contribution in [0, 0.1) is 5.92 Å². The lowest BCUT2D eigenvalue weighted by Gasteiger charge is -2.20. The Morgan fingerprint density at radius 1 is 1.07 bits per heavy atom. The van der Waals surface area contributed by atoms with Crippen LogP contribution in [0.4, 0.5) is 0 Å². The lowest BCUT2D eigenvalue weighted by atomic mass is 10.0. The highest BCUT2D eigenvalue weighted by Crippen LogP contribution is 2.14. The van der Waals surface area contributed by atoms with Gasteiger partial charge < -0.3 is 9.47 Å². The molecule has 2 nitrogen and oxygen atoms in total. The average Bonchev–Trinajstić information content (AvgIpc) is 2.17. The predicted molar refractivity (Wildman–Crippen MR) is 64.9 cm³/mol. The normalized spacial score (nSPS) is 15.6. The summed E-state index contributed by atoms with van der Waals surface area (Å²) in [6.45, 7) is 11.4. The van der Waals surface area contributed by atoms with E-state index in [2.05, 4.69) is 13.8 Å². The first kappa shape index (κ1) is 14.9. The van der Waals surface area contributed by atoms with E-state index in [1.165, 1.54) is 25.7 Å². The predicted octanol–water partition coefficient (Wildman–Crippen LogP) is 3.99. The van der Waals surface area contributed by atoms with Gasteiger partial charge in [0.25, 0.3) is 0 Å². The Morgan fingerprint density at radius 2 is 1.73 bits per heavy atom. The minimum Gasteiger partial charge on any atom is -0.353 e. The highest BCUT2D eigenvalue weighted by atomic mass is 16.7. The van der Waals surface area contributed by atoms with E-state index in [0.717, 1.165) is 6.61 Å². The van der Waals surface area contributed by atoms with E-state index < -0.39 is 0 Å². The molecule has 0 saturated carbocycles. The van der Waals surface area contributed by atoms with E-state index in [-0.39, 0.29) is 12.4 Å². The molecule has 0 aromatic rings. The Labute approximate surface area is 95.3 Å². The Balaban J connectivity index is 3.60. The van der Waals surface area contributed by atoms with Crippen molar-refractivity contribution in [3.05, 3.63) is 0 Å². The van der Waals surface area contributed by atoms with Crippen LogP contribution >= 0.6 is 0 Å². The minimum atomic E-state index is -0.0688. The van der Waals surface area contributed by atoms with Crippen LogP contribution < -0.4 is 0 Å². The van der Waals surface area contributed by atoms with Crippen molar-refractivity contribution in [3.8, 4) is 0 Å². The number of unbranched alkanes of at least 4 members (excludes halogenated alkanes) is 1. The van der Waals surface area contributed by atoms with Crippen molar-refractivity contribution < 1.29 is 9.47 Å². The molecule has 2 heteroatoms. The number of ether oxygens (including phenoxy) is 2. The molecule has 0 spiro atoms. The summed E-state index contributed by atoms with van der Waals surface area (Å²) in [6.07, 6.45) is 5.24. The largest absolute Gasteiger partial charge is 0.353 e. The summed E-state index contributed by atoms with van der Waals surface area (Å²) in [4.78, 5) is 0. The van der Waals surface area contributed by atoms with E-state index in [1.54, 1.807) is 0 Å². The molecule has 0 fully saturated rings. The van der Waals surface area contributed by atoms with Gasteiger partial charge in [-0.2, -0.15) is 0 Å². The number of rotatable bonds is 9. The van der Waals surface area contributed by atoms with Crippen molar-refractivity contribution in [2.45, 2.75) is 72.7 Å². The van der Waals surface area contributed by atoms with E-state index in [1.807, 2.05) is 20.8 Å². The average molecular weight is 216 g/mol. The quantitative estimate of drug-likeness (QED) is 0.543. The number of hydrogen-bond acceptors (Lipinski definition) is 2. The van der Waals surface area contributed by atoms with Crippen LogP contribution in [0.1, 0.15) is 60.3 Å². The Hall–Kier alpha value is -0.0800. The molecule has 15 heavy (non-hydrogen) atoms. The van der Waals surface area contributed by atoms with Gasteiger partial charge in [-0.15, -0.1) is 0 Å². The first-order valence-corrected chi connectivity index (χ1v) is 6.37. The molecule has 0 aliphatic heterocycles. The summed E-state index contributed by atoms with van der Waals surface area (Å²) < 4.78 is 11.2. The van der Waals surface area contributed by atoms with Gasteiger partial charge >= 0.3 is 0 Å². The highest BCUT2D eigenvalue weighted by molar-refractivity contribution is 4.56. The molecule has 0 aliphatic rings. The van der Waals surface area contributed by atoms with Gasteiger partial charge in [-0.3, -0.25) is 0 Å². The van der Waals surface area contributed by atoms with Crippen LogP contribution in [0.25, 0.3) is 0 Å². The number of hydrogen-bond donors (Lipinski definition) is 0. The fourth-order valence-corrected chi connectivity index (χ4v) is 1.59. The molecule has 0 N–H and O–H groups in total. The summed E-state index contributed by atoms with van der Waals surface area (Å²) in [5.74, 6) is 0.697. The van der Waals surface area contributed by atoms with E-state index in [0.29, 0.717) is 5.92 Å². The summed E-state index contributed by atoms with van der Waals surface area (Å²) in [7, 11) is 0. The molecular weight excluding hydrogens is 188 g/mol. The van der Waals surface area contributed by atoms with E-state index in [9.17, 15) is 0 Å². The molecule has 0 heterocycles. The zero-order chi connectivity index (χ0) is 11.7. The zero-order valence-electron chi connectivity index (χ0n) is 11.1. The topological polar surface area (TPSA) is 18.5 Å². The molecule has 0 bridgehead atoms. The summed E-state index contributed by atoms with van der Waals surface area (Å²) >= 11 is 0. The van der Waals surface area contributed by atoms with Crippen molar-refractivity contribution >= 4 is 0 Å². The SMILES string of the molecule is CCCCC(CC)COC(C)OC(C)C. The van der Waals surface area contributed by atoms with Gasteiger partial charge in [0.2, 0.25) is 0 Å². The summed E-state index contributed by atoms with van der Waals surface area (Å²) in [5, 5.41) is 0. The Kier molecular flexibility index (Phi) is 9.12. The lowest BCUT2D eigenvalue weighted by Crippen LogP contribution is -2.21. The summed E-state index contributed by atoms with van der Waals surface area (Å²) in [5.41, 5.74) is 0. The molecule has 0 rings (SSSR count). The van der Waals surface area contributed by atoms with Gasteiger partial charge in [0.1, 0.15) is 0 Å². The van der Waals surface area contributed by atoms with Gasteiger partial charge in [0.15, 0.2) is 6.29 Å². The lowest BCUT2D eigenvalue weighted by molar-refractivity contribution is -0.158. The third kappa shape index (κ3) is 8.88. The van der Waals surface area contributed by atoms with Crippen LogP contribution in [0.2, 0.25) is 0 Å². The second-order valence-corrected chi connectivity index (χ2v) is 4.50. The fraction of sp³-hybridized carbons (Fsp3) is 1.00. The van der Waals surface area contributed by atoms with Crippen LogP contribution in [0.15, 0.2) is 0 Å². The first-order valence-electron chi connectivity index (χ1n) is 6.37. The third-order valence-corrected chi connectivity index (χ3v) is 2.57. The Bertz CT molecular complexity index is 134. The molecule has 0 amide bonds. The van der Waals surface area contributed by atoms with Crippen molar-refractivity contribution in [2.24, 2.45) is 5.92 Å². The molecule has 2 unspecified atom stereocenters. The maximum Gasteiger partial charge on any atom is 0.155 e. The zero-order valence-corrected chi connectivity index (χ0v) is 11.1. The van der Waals surface area contributed by atoms with Gasteiger partial charge in [-0.1, -0.05) is 33.1 Å². The smallest absolute Gasteiger partial charge is 0.155 e. The van der Waals surface area contributed by atoms with Crippen molar-refractivity contribution in [3.63, 3.8) is 0 Å². The molecule has 92 valence electrons. The summed E-state index contributed by atoms with van der Waals surface area (Å²) in [6, 6.07) is 0. The van der Waals surface area contributed by atoms with Crippen LogP contribution in [-0.4, -0.2) is 19.0 Å². The van der Waals surface area contributed by atoms with E-state index in [4.69, 9.17) is 9.47 Å². The van der Waals surface area contributed by atoms with Gasteiger partial charge in [0.05, 0.1) is 12.7 Å². The first-order chi connectivity index (χ1) is 7.10. The van der Waals surface area contributed by atoms with Crippen molar-refractivity contribution in [2.75, 3.05) is 6.61 Å². The molecule has 0 aliphatic carbocycles. The maximum absolute atomic E-state index is 5.68. The minimum absolute atomic E-state index is 0.0688. The van der Waals surface area contributed by atoms with Crippen LogP contribution in [0.5, 0.6) is 0 Å². The molecular formula is C13H28O2. The molecule has 0 saturated heterocycles. The van der Waals surface area contributed by atoms with Gasteiger partial charge in [-0.05, 0) is 33.1 Å². The van der Waals surface area contributed by atoms with Gasteiger partial charge in [0, 0.05) is 0 Å².